The number of aliphatic hydroxyl groups is 1. The maximum atomic E-state index is 13.5. The number of ether oxygens (including phenoxy) is 7. The van der Waals surface area contributed by atoms with E-state index in [9.17, 15) is 33.9 Å². The lowest BCUT2D eigenvalue weighted by Crippen LogP contribution is -2.63. The Morgan fingerprint density at radius 1 is 0.407 bits per heavy atom. The lowest BCUT2D eigenvalue weighted by molar-refractivity contribution is -0.257. The lowest BCUT2D eigenvalue weighted by atomic mass is 9.49. The Balaban J connectivity index is 0.000000134. The van der Waals surface area contributed by atoms with E-state index < -0.39 is 11.4 Å². The second-order valence-electron chi connectivity index (χ2n) is 49.9. The topological polar surface area (TPSA) is 187 Å². The van der Waals surface area contributed by atoms with Crippen LogP contribution >= 0.6 is 0 Å². The van der Waals surface area contributed by atoms with Gasteiger partial charge in [-0.1, -0.05) is 228 Å². The van der Waals surface area contributed by atoms with Crippen LogP contribution in [0, 0.1) is 185 Å². The van der Waals surface area contributed by atoms with Crippen LogP contribution in [0.1, 0.15) is 403 Å². The normalized spacial score (nSPS) is 46.9. The molecular weight excluding hydrogens is 1530 g/mol. The lowest BCUT2D eigenvalue weighted by Gasteiger charge is -2.59. The third kappa shape index (κ3) is 17.1. The molecule has 0 amide bonds. The standard InChI is InChI=1S/C28H44O5.C28H46O4.C27H44O3.C26H44O2/c1-17(2)8-7-9-18(3)21-10-11-22-25(21,5)14-13-23-26(6)15-12-20(31-19(4)29)16-27(26)24(30)32-28(22,23)33-27;1-17(2)8-7-9-18(3)21-10-11-22-25-23(13-15-27(21,22)5)28(6)14-12-20(31-19(4)29)16-24(28)26(30)32-25;1-16(2)17(3)7-8-18(4)20-9-10-21-24-22(12-14-26(20,21)5)27(6)13-11-19(28)15-23(27)25(29)30-24;1-17(2)9-8-10-18(3)19-12-13-20-23-21(14-16-26(19,20)5)25(4)15-7-6-11-22(25)24(27)28-23/h17-18,20-23H,7-16H2,1-6H3;17-18,20-25H,7-16H2,1-6H3;7-8,16-24,28H,9-15H2,1-6H3;17-23H,6-16H2,1-5H3/b;;8-7+;/t18-,20+,21-,22-,23-,25-,26-,27+,28+;18-,20+,21-,22+,23+,24+,25+,27-,28-;17-,18+,19-,20+,21+,22+,23-,24-,26+,27+;18-,19-,20+,21+,22?,23+,25-,26-/m1101/s1. The fourth-order valence-electron chi connectivity index (χ4n) is 34.3. The Kier molecular flexibility index (Phi) is 28.4. The molecule has 0 radical (unpaired) electrons. The van der Waals surface area contributed by atoms with E-state index >= 15 is 0 Å². The number of fused-ring (bicyclic) bond motifs is 17. The summed E-state index contributed by atoms with van der Waals surface area (Å²) in [6, 6.07) is 0. The van der Waals surface area contributed by atoms with Gasteiger partial charge in [-0.25, -0.2) is 4.79 Å². The highest BCUT2D eigenvalue weighted by Crippen LogP contribution is 2.78. The van der Waals surface area contributed by atoms with E-state index in [2.05, 4.69) is 158 Å². The van der Waals surface area contributed by atoms with Crippen LogP contribution in [0.15, 0.2) is 12.2 Å². The highest BCUT2D eigenvalue weighted by atomic mass is 16.8. The summed E-state index contributed by atoms with van der Waals surface area (Å²) < 4.78 is 43.2. The summed E-state index contributed by atoms with van der Waals surface area (Å²) in [5.41, 5.74) is 0.121. The smallest absolute Gasteiger partial charge is 0.341 e. The minimum atomic E-state index is -0.956. The Labute approximate surface area is 747 Å². The largest absolute Gasteiger partial charge is 0.463 e. The molecular formula is C109H178O14. The molecule has 1 unspecified atom stereocenters. The molecule has 12 saturated carbocycles. The predicted molar refractivity (Wildman–Crippen MR) is 486 cm³/mol. The first kappa shape index (κ1) is 95.6. The molecule has 36 atom stereocenters. The van der Waals surface area contributed by atoms with Gasteiger partial charge in [0.15, 0.2) is 5.60 Å². The van der Waals surface area contributed by atoms with Crippen LogP contribution in [0.2, 0.25) is 0 Å². The van der Waals surface area contributed by atoms with Crippen LogP contribution in [0.25, 0.3) is 0 Å². The number of hydrogen-bond acceptors (Lipinski definition) is 14. The minimum Gasteiger partial charge on any atom is -0.463 e. The van der Waals surface area contributed by atoms with Crippen molar-refractivity contribution in [3.8, 4) is 0 Å². The van der Waals surface area contributed by atoms with Gasteiger partial charge in [-0.05, 0) is 282 Å². The molecule has 123 heavy (non-hydrogen) atoms. The van der Waals surface area contributed by atoms with Crippen molar-refractivity contribution in [2.75, 3.05) is 0 Å². The molecule has 2 bridgehead atoms. The minimum absolute atomic E-state index is 0.0108. The second kappa shape index (κ2) is 36.6. The molecule has 17 fully saturated rings. The van der Waals surface area contributed by atoms with E-state index in [-0.39, 0.29) is 135 Å². The number of hydrogen-bond donors (Lipinski definition) is 1. The quantitative estimate of drug-likeness (QED) is 0.0649. The fraction of sp³-hybridized carbons (Fsp3) is 0.927. The van der Waals surface area contributed by atoms with Gasteiger partial charge < -0.3 is 38.3 Å². The van der Waals surface area contributed by atoms with Gasteiger partial charge in [-0.3, -0.25) is 24.0 Å². The molecule has 5 heterocycles. The summed E-state index contributed by atoms with van der Waals surface area (Å²) >= 11 is 0. The average Bonchev–Trinajstić information content (AvgIpc) is 1.48. The van der Waals surface area contributed by atoms with E-state index in [4.69, 9.17) is 33.2 Å². The highest BCUT2D eigenvalue weighted by Gasteiger charge is 2.85. The monoisotopic (exact) mass is 1710 g/mol. The first-order valence-corrected chi connectivity index (χ1v) is 52.1. The number of aliphatic hydroxyl groups excluding tert-OH is 1. The number of carbonyl (C=O) groups is 6. The number of rotatable bonds is 21. The zero-order valence-electron chi connectivity index (χ0n) is 82.1. The van der Waals surface area contributed by atoms with Crippen LogP contribution in [0.4, 0.5) is 0 Å². The van der Waals surface area contributed by atoms with Crippen LogP contribution < -0.4 is 0 Å². The molecule has 1 N–H and O–H groups in total. The first-order valence-electron chi connectivity index (χ1n) is 52.1. The van der Waals surface area contributed by atoms with Gasteiger partial charge in [0.1, 0.15) is 30.5 Å². The molecule has 698 valence electrons. The van der Waals surface area contributed by atoms with E-state index in [0.29, 0.717) is 101 Å². The molecule has 14 heteroatoms. The Hall–Kier alpha value is -3.52. The zero-order valence-corrected chi connectivity index (χ0v) is 82.1. The van der Waals surface area contributed by atoms with Crippen LogP contribution in [-0.4, -0.2) is 88.9 Å². The molecule has 14 nitrogen and oxygen atoms in total. The molecule has 0 aromatic heterocycles. The van der Waals surface area contributed by atoms with Gasteiger partial charge in [0.25, 0.3) is 0 Å². The zero-order chi connectivity index (χ0) is 89.0. The summed E-state index contributed by atoms with van der Waals surface area (Å²) in [4.78, 5) is 75.9. The molecule has 2 spiro atoms. The van der Waals surface area contributed by atoms with Crippen LogP contribution in [-0.2, 0) is 61.9 Å². The maximum Gasteiger partial charge on any atom is 0.341 e. The van der Waals surface area contributed by atoms with Gasteiger partial charge in [-0.15, -0.1) is 0 Å². The third-order valence-corrected chi connectivity index (χ3v) is 41.7. The number of esters is 6. The van der Waals surface area contributed by atoms with Crippen LogP contribution in [0.5, 0.6) is 0 Å². The van der Waals surface area contributed by atoms with Crippen molar-refractivity contribution >= 4 is 35.8 Å². The first-order chi connectivity index (χ1) is 57.9. The molecule has 5 saturated heterocycles. The van der Waals surface area contributed by atoms with Crippen molar-refractivity contribution in [1.82, 2.24) is 0 Å². The van der Waals surface area contributed by atoms with Gasteiger partial charge >= 0.3 is 35.8 Å². The summed E-state index contributed by atoms with van der Waals surface area (Å²) in [7, 11) is 0. The van der Waals surface area contributed by atoms with Gasteiger partial charge in [-0.2, -0.15) is 0 Å². The molecule has 17 aliphatic rings. The summed E-state index contributed by atoms with van der Waals surface area (Å²) in [5, 5.41) is 10.2. The summed E-state index contributed by atoms with van der Waals surface area (Å²) in [6.07, 6.45) is 48.0. The van der Waals surface area contributed by atoms with Crippen molar-refractivity contribution in [3.05, 3.63) is 12.2 Å². The molecule has 0 aromatic carbocycles. The Morgan fingerprint density at radius 2 is 0.813 bits per heavy atom. The average molecular weight is 1710 g/mol. The molecule has 17 rings (SSSR count). The maximum absolute atomic E-state index is 13.5. The predicted octanol–water partition coefficient (Wildman–Crippen LogP) is 25.6. The molecule has 0 aromatic rings. The van der Waals surface area contributed by atoms with E-state index in [1.54, 1.807) is 0 Å². The molecule has 12 aliphatic carbocycles. The van der Waals surface area contributed by atoms with E-state index in [1.165, 1.54) is 181 Å². The Bertz CT molecular complexity index is 3750. The Morgan fingerprint density at radius 3 is 1.30 bits per heavy atom. The van der Waals surface area contributed by atoms with Gasteiger partial charge in [0.05, 0.1) is 23.9 Å². The van der Waals surface area contributed by atoms with Crippen molar-refractivity contribution < 1.29 is 67.0 Å². The molecule has 5 aliphatic heterocycles. The van der Waals surface area contributed by atoms with Gasteiger partial charge in [0, 0.05) is 73.0 Å². The third-order valence-electron chi connectivity index (χ3n) is 41.7. The fourth-order valence-corrected chi connectivity index (χ4v) is 34.3. The summed E-state index contributed by atoms with van der Waals surface area (Å²) in [5.74, 6) is 11.6. The van der Waals surface area contributed by atoms with Crippen molar-refractivity contribution in [1.29, 1.82) is 0 Å². The van der Waals surface area contributed by atoms with Gasteiger partial charge in [0.2, 0.25) is 5.79 Å². The number of allylic oxidation sites excluding steroid dienone is 2. The van der Waals surface area contributed by atoms with Crippen molar-refractivity contribution in [3.63, 3.8) is 0 Å². The highest BCUT2D eigenvalue weighted by molar-refractivity contribution is 5.85. The second-order valence-corrected chi connectivity index (χ2v) is 49.9. The van der Waals surface area contributed by atoms with E-state index in [0.717, 1.165) is 99.2 Å². The van der Waals surface area contributed by atoms with Crippen molar-refractivity contribution in [2.24, 2.45) is 185 Å². The van der Waals surface area contributed by atoms with Crippen LogP contribution in [0.3, 0.4) is 0 Å². The van der Waals surface area contributed by atoms with Crippen molar-refractivity contribution in [2.45, 2.75) is 451 Å². The number of carbonyl (C=O) groups excluding carboxylic acids is 6. The summed E-state index contributed by atoms with van der Waals surface area (Å²) in [6.45, 7) is 53.0. The van der Waals surface area contributed by atoms with E-state index in [1.807, 2.05) is 0 Å². The SMILES string of the molecule is CC(=O)O[C@H]1CC[C@@]2(C)[C@@H](C1)C(=O)O[C@@H]1[C@@H]2CC[C@]2(C)[C@@H]([C@H](C)CCCC(C)C)CC[C@@H]12.CC(=O)O[C@H]1CC[C@]2(C)[C@H]3CC[C@]4(C)[C@@H]([C@H](C)CCCC(C)C)CC[C@H]4[C@@]34OC(=O)[C@]2(C1)O4.CC(C)CCC[C@@H](C)[C@H]1CC[C@H]2[C@@H]3OC(=O)C4CCCC[C@]4(C)[C@H]3CC[C@]12C.CC(C)[C@@H](C)/C=C/[C@@H](C)[C@H]1CC[C@@H]2[C@@H]3OC(=O)[C@@H]4C[C@@H](O)CC[C@]4(C)[C@@H]3CC[C@@]21C.